The van der Waals surface area contributed by atoms with Gasteiger partial charge < -0.3 is 15.0 Å². The van der Waals surface area contributed by atoms with E-state index in [0.717, 1.165) is 41.4 Å². The summed E-state index contributed by atoms with van der Waals surface area (Å²) in [5, 5.41) is 15.7. The van der Waals surface area contributed by atoms with Gasteiger partial charge in [0.1, 0.15) is 18.2 Å². The summed E-state index contributed by atoms with van der Waals surface area (Å²) in [4.78, 5) is 23.7. The number of aryl methyl sites for hydroxylation is 2. The standard InChI is InChI=1S/C34H36ClFN8O2/c1-4-22(12-14-38)44-27(26-11-7-15-42(26)34(45)46-3)17-25-32(44)24-16-21(9-6-13-37)28(23-10-5-8-20(2)29(23)35)30(36)31(24)41-33(25)43-19-39-18-40-43/h5,8,10,16-19,22,26H,4,6-7,9,11-12,14-15,38H2,1-3H3. The number of hydrogen-bond donors (Lipinski definition) is 1. The molecule has 46 heavy (non-hydrogen) atoms. The topological polar surface area (TPSA) is 128 Å². The van der Waals surface area contributed by atoms with Gasteiger partial charge in [0, 0.05) is 46.6 Å². The fourth-order valence-corrected chi connectivity index (χ4v) is 7.14. The van der Waals surface area contributed by atoms with E-state index in [4.69, 9.17) is 27.1 Å². The lowest BCUT2D eigenvalue weighted by Gasteiger charge is -2.28. The predicted octanol–water partition coefficient (Wildman–Crippen LogP) is 7.20. The molecule has 5 aromatic rings. The van der Waals surface area contributed by atoms with E-state index in [-0.39, 0.29) is 24.0 Å². The summed E-state index contributed by atoms with van der Waals surface area (Å²) in [6.45, 7) is 4.98. The van der Waals surface area contributed by atoms with Gasteiger partial charge in [-0.3, -0.25) is 4.90 Å². The van der Waals surface area contributed by atoms with E-state index in [1.54, 1.807) is 11.0 Å². The number of nitrogens with two attached hydrogens (primary N) is 1. The molecule has 0 bridgehead atoms. The Balaban J connectivity index is 1.78. The second-order valence-electron chi connectivity index (χ2n) is 11.7. The zero-order chi connectivity index (χ0) is 32.5. The fraction of sp³-hybridized carbons (Fsp3) is 0.382. The monoisotopic (exact) mass is 642 g/mol. The SMILES string of the molecule is CCC(CCN)n1c(C2CCCN2C(=O)OC)cc2c(-n3cncn3)nc3c(F)c(-c4cccc(C)c4Cl)c(CCC#N)cc3c21. The molecule has 10 nitrogen and oxygen atoms in total. The third-order valence-corrected chi connectivity index (χ3v) is 9.55. The maximum atomic E-state index is 17.2. The highest BCUT2D eigenvalue weighted by Crippen LogP contribution is 2.45. The highest BCUT2D eigenvalue weighted by atomic mass is 35.5. The summed E-state index contributed by atoms with van der Waals surface area (Å²) in [5.74, 6) is -0.116. The predicted molar refractivity (Wildman–Crippen MR) is 175 cm³/mol. The highest BCUT2D eigenvalue weighted by molar-refractivity contribution is 6.34. The summed E-state index contributed by atoms with van der Waals surface area (Å²) < 4.78 is 26.2. The Morgan fingerprint density at radius 1 is 1.30 bits per heavy atom. The number of benzene rings is 2. The zero-order valence-corrected chi connectivity index (χ0v) is 26.9. The number of fused-ring (bicyclic) bond motifs is 3. The number of amides is 1. The van der Waals surface area contributed by atoms with Crippen molar-refractivity contribution in [2.45, 2.75) is 64.5 Å². The van der Waals surface area contributed by atoms with Crippen LogP contribution in [-0.2, 0) is 11.2 Å². The molecule has 0 saturated carbocycles. The Kier molecular flexibility index (Phi) is 8.93. The first-order valence-electron chi connectivity index (χ1n) is 15.6. The average Bonchev–Trinajstić information content (AvgIpc) is 3.84. The van der Waals surface area contributed by atoms with Crippen molar-refractivity contribution < 1.29 is 13.9 Å². The molecule has 12 heteroatoms. The number of ether oxygens (including phenoxy) is 1. The molecule has 1 aliphatic heterocycles. The van der Waals surface area contributed by atoms with Crippen LogP contribution in [-0.4, -0.2) is 55.5 Å². The fourth-order valence-electron chi connectivity index (χ4n) is 6.92. The molecule has 2 aromatic carbocycles. The number of methoxy groups -OCH3 is 1. The van der Waals surface area contributed by atoms with Crippen molar-refractivity contribution in [2.24, 2.45) is 5.73 Å². The summed E-state index contributed by atoms with van der Waals surface area (Å²) in [7, 11) is 1.39. The molecule has 0 aliphatic carbocycles. The smallest absolute Gasteiger partial charge is 0.410 e. The second kappa shape index (κ2) is 13.1. The van der Waals surface area contributed by atoms with Crippen LogP contribution >= 0.6 is 11.6 Å². The number of carbonyl (C=O) groups excluding carboxylic acids is 1. The van der Waals surface area contributed by atoms with Gasteiger partial charge in [-0.15, -0.1) is 0 Å². The van der Waals surface area contributed by atoms with E-state index in [1.807, 2.05) is 31.2 Å². The summed E-state index contributed by atoms with van der Waals surface area (Å²) >= 11 is 6.78. The maximum Gasteiger partial charge on any atom is 0.410 e. The molecule has 0 spiro atoms. The van der Waals surface area contributed by atoms with Gasteiger partial charge in [-0.2, -0.15) is 10.4 Å². The Morgan fingerprint density at radius 2 is 2.13 bits per heavy atom. The number of nitriles is 1. The largest absolute Gasteiger partial charge is 0.453 e. The molecule has 0 radical (unpaired) electrons. The quantitative estimate of drug-likeness (QED) is 0.180. The molecule has 3 aromatic heterocycles. The van der Waals surface area contributed by atoms with Crippen molar-refractivity contribution in [3.8, 4) is 23.0 Å². The number of carbonyl (C=O) groups is 1. The van der Waals surface area contributed by atoms with Crippen molar-refractivity contribution in [3.05, 3.63) is 70.6 Å². The van der Waals surface area contributed by atoms with Crippen LogP contribution in [0.25, 0.3) is 38.8 Å². The third-order valence-electron chi connectivity index (χ3n) is 9.05. The van der Waals surface area contributed by atoms with Gasteiger partial charge in [-0.1, -0.05) is 36.7 Å². The number of aromatic nitrogens is 5. The molecule has 1 saturated heterocycles. The lowest BCUT2D eigenvalue weighted by molar-refractivity contribution is 0.117. The number of likely N-dealkylation sites (tertiary alicyclic amines) is 1. The van der Waals surface area contributed by atoms with Gasteiger partial charge in [0.25, 0.3) is 0 Å². The van der Waals surface area contributed by atoms with Crippen LogP contribution in [0.3, 0.4) is 0 Å². The van der Waals surface area contributed by atoms with Crippen LogP contribution in [0.5, 0.6) is 0 Å². The minimum absolute atomic E-state index is 0.0525. The van der Waals surface area contributed by atoms with Gasteiger partial charge >= 0.3 is 6.09 Å². The maximum absolute atomic E-state index is 17.2. The molecule has 1 aliphatic rings. The minimum Gasteiger partial charge on any atom is -0.453 e. The van der Waals surface area contributed by atoms with Crippen molar-refractivity contribution in [1.82, 2.24) is 29.2 Å². The van der Waals surface area contributed by atoms with E-state index < -0.39 is 11.9 Å². The van der Waals surface area contributed by atoms with Crippen molar-refractivity contribution >= 4 is 39.5 Å². The molecular formula is C34H36ClFN8O2. The number of rotatable bonds is 9. The van der Waals surface area contributed by atoms with Gasteiger partial charge in [-0.25, -0.2) is 23.8 Å². The van der Waals surface area contributed by atoms with Crippen LogP contribution < -0.4 is 5.73 Å². The first kappa shape index (κ1) is 31.5. The molecule has 238 valence electrons. The lowest BCUT2D eigenvalue weighted by Crippen LogP contribution is -2.32. The second-order valence-corrected chi connectivity index (χ2v) is 12.0. The van der Waals surface area contributed by atoms with Gasteiger partial charge in [0.2, 0.25) is 0 Å². The Bertz CT molecular complexity index is 1970. The zero-order valence-electron chi connectivity index (χ0n) is 26.1. The molecule has 2 N–H and O–H groups in total. The number of nitrogens with zero attached hydrogens (tertiary/aromatic N) is 7. The molecule has 6 rings (SSSR count). The molecule has 1 fully saturated rings. The molecule has 2 unspecified atom stereocenters. The minimum atomic E-state index is -0.528. The van der Waals surface area contributed by atoms with Gasteiger partial charge in [0.15, 0.2) is 11.6 Å². The van der Waals surface area contributed by atoms with Crippen LogP contribution in [0.15, 0.2) is 43.0 Å². The van der Waals surface area contributed by atoms with E-state index in [2.05, 4.69) is 27.6 Å². The third kappa shape index (κ3) is 5.25. The van der Waals surface area contributed by atoms with Crippen molar-refractivity contribution in [3.63, 3.8) is 0 Å². The van der Waals surface area contributed by atoms with E-state index in [1.165, 1.54) is 24.4 Å². The number of hydrogen-bond acceptors (Lipinski definition) is 7. The normalized spacial score (nSPS) is 15.5. The van der Waals surface area contributed by atoms with Crippen LogP contribution in [0.1, 0.15) is 67.9 Å². The molecule has 1 amide bonds. The lowest BCUT2D eigenvalue weighted by atomic mass is 9.92. The Labute approximate surface area is 271 Å². The highest BCUT2D eigenvalue weighted by Gasteiger charge is 2.36. The number of halogens is 2. The Hall–Kier alpha value is -4.53. The number of pyridine rings is 1. The van der Waals surface area contributed by atoms with Gasteiger partial charge in [0.05, 0.1) is 29.8 Å². The first-order valence-corrected chi connectivity index (χ1v) is 15.9. The average molecular weight is 643 g/mol. The molecule has 2 atom stereocenters. The van der Waals surface area contributed by atoms with E-state index in [0.29, 0.717) is 58.8 Å². The van der Waals surface area contributed by atoms with E-state index in [9.17, 15) is 10.1 Å². The van der Waals surface area contributed by atoms with Crippen LogP contribution in [0, 0.1) is 24.1 Å². The Morgan fingerprint density at radius 3 is 2.83 bits per heavy atom. The summed E-state index contributed by atoms with van der Waals surface area (Å²) in [6.07, 6.45) is 6.05. The van der Waals surface area contributed by atoms with Gasteiger partial charge in [-0.05, 0) is 68.8 Å². The first-order chi connectivity index (χ1) is 22.3. The molecule has 4 heterocycles. The van der Waals surface area contributed by atoms with Crippen LogP contribution in [0.2, 0.25) is 5.02 Å². The molecular weight excluding hydrogens is 607 g/mol. The summed E-state index contributed by atoms with van der Waals surface area (Å²) in [6, 6.07) is 11.4. The summed E-state index contributed by atoms with van der Waals surface area (Å²) in [5.41, 5.74) is 10.3. The van der Waals surface area contributed by atoms with E-state index >= 15 is 4.39 Å². The van der Waals surface area contributed by atoms with Crippen molar-refractivity contribution in [2.75, 3.05) is 20.2 Å². The van der Waals surface area contributed by atoms with Crippen LogP contribution in [0.4, 0.5) is 9.18 Å². The van der Waals surface area contributed by atoms with Crippen molar-refractivity contribution in [1.29, 1.82) is 5.26 Å².